The Morgan fingerprint density at radius 3 is 2.65 bits per heavy atom. The molecule has 3 nitrogen and oxygen atoms in total. The van der Waals surface area contributed by atoms with Crippen LogP contribution in [0.4, 0.5) is 8.78 Å². The average Bonchev–Trinajstić information content (AvgIpc) is 2.29. The highest BCUT2D eigenvalue weighted by molar-refractivity contribution is 6.30. The molecule has 0 aliphatic rings. The second-order valence-corrected chi connectivity index (χ2v) is 3.98. The number of carbonyl (C=O) groups is 1. The first-order chi connectivity index (χ1) is 7.97. The Kier molecular flexibility index (Phi) is 4.84. The third-order valence-corrected chi connectivity index (χ3v) is 2.57. The Morgan fingerprint density at radius 1 is 1.41 bits per heavy atom. The first-order valence-electron chi connectivity index (χ1n) is 5.02. The van der Waals surface area contributed by atoms with Gasteiger partial charge in [0.25, 0.3) is 5.91 Å². The number of hydrogen-bond donors (Lipinski definition) is 1. The first kappa shape index (κ1) is 13.9. The lowest BCUT2D eigenvalue weighted by Crippen LogP contribution is -2.33. The summed E-state index contributed by atoms with van der Waals surface area (Å²) < 4.78 is 26.6. The highest BCUT2D eigenvalue weighted by atomic mass is 35.5. The summed E-state index contributed by atoms with van der Waals surface area (Å²) in [6, 6.07) is 1.62. The van der Waals surface area contributed by atoms with Gasteiger partial charge in [-0.1, -0.05) is 11.6 Å². The number of rotatable bonds is 4. The molecule has 0 radical (unpaired) electrons. The molecule has 0 saturated heterocycles. The lowest BCUT2D eigenvalue weighted by atomic mass is 10.2. The smallest absolute Gasteiger partial charge is 0.256 e. The van der Waals surface area contributed by atoms with Crippen LogP contribution in [0.15, 0.2) is 12.1 Å². The van der Waals surface area contributed by atoms with E-state index in [9.17, 15) is 13.6 Å². The molecule has 0 spiro atoms. The number of carbonyl (C=O) groups excluding carboxylic acids is 1. The van der Waals surface area contributed by atoms with Crippen molar-refractivity contribution >= 4 is 17.5 Å². The van der Waals surface area contributed by atoms with Gasteiger partial charge in [0.1, 0.15) is 11.6 Å². The molecule has 0 aromatic heterocycles. The molecule has 1 amide bonds. The molecule has 6 heteroatoms. The molecule has 0 heterocycles. The molecule has 1 aromatic carbocycles. The van der Waals surface area contributed by atoms with E-state index in [1.165, 1.54) is 11.9 Å². The quantitative estimate of drug-likeness (QED) is 0.841. The Bertz CT molecular complexity index is 426. The summed E-state index contributed by atoms with van der Waals surface area (Å²) >= 11 is 5.40. The fourth-order valence-corrected chi connectivity index (χ4v) is 1.42. The van der Waals surface area contributed by atoms with Crippen LogP contribution in [-0.2, 0) is 0 Å². The normalized spacial score (nSPS) is 10.4. The van der Waals surface area contributed by atoms with Crippen molar-refractivity contribution in [3.8, 4) is 0 Å². The number of likely N-dealkylation sites (N-methyl/N-ethyl adjacent to an activating group) is 2. The third kappa shape index (κ3) is 3.38. The van der Waals surface area contributed by atoms with Crippen molar-refractivity contribution in [2.24, 2.45) is 0 Å². The standard InChI is InChI=1S/C11H13ClF2N2O/c1-15-3-4-16(2)11(17)7-5-10(14)8(12)6-9(7)13/h5-6,15H,3-4H2,1-2H3. The first-order valence-corrected chi connectivity index (χ1v) is 5.39. The zero-order valence-corrected chi connectivity index (χ0v) is 10.3. The van der Waals surface area contributed by atoms with Gasteiger partial charge < -0.3 is 10.2 Å². The van der Waals surface area contributed by atoms with Gasteiger partial charge in [0.2, 0.25) is 0 Å². The van der Waals surface area contributed by atoms with Gasteiger partial charge >= 0.3 is 0 Å². The summed E-state index contributed by atoms with van der Waals surface area (Å²) in [7, 11) is 3.26. The Balaban J connectivity index is 2.92. The van der Waals surface area contributed by atoms with E-state index < -0.39 is 17.5 Å². The third-order valence-electron chi connectivity index (χ3n) is 2.28. The van der Waals surface area contributed by atoms with E-state index in [1.54, 1.807) is 7.05 Å². The predicted octanol–water partition coefficient (Wildman–Crippen LogP) is 1.91. The maximum Gasteiger partial charge on any atom is 0.256 e. The average molecular weight is 263 g/mol. The van der Waals surface area contributed by atoms with Gasteiger partial charge in [-0.2, -0.15) is 0 Å². The van der Waals surface area contributed by atoms with Crippen molar-refractivity contribution in [3.05, 3.63) is 34.4 Å². The van der Waals surface area contributed by atoms with Gasteiger partial charge in [-0.05, 0) is 19.2 Å². The second kappa shape index (κ2) is 5.93. The fourth-order valence-electron chi connectivity index (χ4n) is 1.27. The van der Waals surface area contributed by atoms with Crippen LogP contribution in [0, 0.1) is 11.6 Å². The van der Waals surface area contributed by atoms with Crippen LogP contribution in [0.25, 0.3) is 0 Å². The summed E-state index contributed by atoms with van der Waals surface area (Å²) in [6.07, 6.45) is 0. The minimum absolute atomic E-state index is 0.314. The molecule has 0 bridgehead atoms. The number of halogens is 3. The molecular weight excluding hydrogens is 250 g/mol. The maximum atomic E-state index is 13.4. The van der Waals surface area contributed by atoms with Gasteiger partial charge in [0.15, 0.2) is 0 Å². The molecule has 0 aliphatic heterocycles. The van der Waals surface area contributed by atoms with Crippen LogP contribution < -0.4 is 5.32 Å². The van der Waals surface area contributed by atoms with E-state index in [4.69, 9.17) is 11.6 Å². The monoisotopic (exact) mass is 262 g/mol. The van der Waals surface area contributed by atoms with Crippen LogP contribution in [0.5, 0.6) is 0 Å². The van der Waals surface area contributed by atoms with Gasteiger partial charge in [0, 0.05) is 20.1 Å². The lowest BCUT2D eigenvalue weighted by Gasteiger charge is -2.17. The highest BCUT2D eigenvalue weighted by Gasteiger charge is 2.18. The molecule has 94 valence electrons. The van der Waals surface area contributed by atoms with Crippen LogP contribution >= 0.6 is 11.6 Å². The molecule has 0 saturated carbocycles. The van der Waals surface area contributed by atoms with E-state index in [0.717, 1.165) is 12.1 Å². The zero-order valence-electron chi connectivity index (χ0n) is 9.56. The zero-order chi connectivity index (χ0) is 13.0. The molecule has 0 fully saturated rings. The van der Waals surface area contributed by atoms with Crippen molar-refractivity contribution in [1.82, 2.24) is 10.2 Å². The lowest BCUT2D eigenvalue weighted by molar-refractivity contribution is 0.0791. The number of hydrogen-bond acceptors (Lipinski definition) is 2. The minimum atomic E-state index is -0.822. The van der Waals surface area contributed by atoms with Crippen molar-refractivity contribution < 1.29 is 13.6 Å². The van der Waals surface area contributed by atoms with Crippen molar-refractivity contribution in [1.29, 1.82) is 0 Å². The topological polar surface area (TPSA) is 32.3 Å². The Labute approximate surface area is 103 Å². The molecule has 1 rings (SSSR count). The largest absolute Gasteiger partial charge is 0.340 e. The summed E-state index contributed by atoms with van der Waals surface area (Å²) in [5.41, 5.74) is -0.314. The summed E-state index contributed by atoms with van der Waals surface area (Å²) in [6.45, 7) is 0.971. The summed E-state index contributed by atoms with van der Waals surface area (Å²) in [4.78, 5) is 13.1. The molecule has 1 N–H and O–H groups in total. The van der Waals surface area contributed by atoms with E-state index in [1.807, 2.05) is 0 Å². The minimum Gasteiger partial charge on any atom is -0.340 e. The van der Waals surface area contributed by atoms with Crippen LogP contribution in [0.2, 0.25) is 5.02 Å². The molecule has 1 aromatic rings. The van der Waals surface area contributed by atoms with Crippen LogP contribution in [0.1, 0.15) is 10.4 Å². The van der Waals surface area contributed by atoms with E-state index >= 15 is 0 Å². The number of amides is 1. The molecule has 0 atom stereocenters. The molecule has 0 unspecified atom stereocenters. The number of nitrogens with zero attached hydrogens (tertiary/aromatic N) is 1. The van der Waals surface area contributed by atoms with E-state index in [2.05, 4.69) is 5.32 Å². The summed E-state index contributed by atoms with van der Waals surface area (Å²) in [5, 5.41) is 2.52. The van der Waals surface area contributed by atoms with Crippen LogP contribution in [-0.4, -0.2) is 38.0 Å². The SMILES string of the molecule is CNCCN(C)C(=O)c1cc(F)c(Cl)cc1F. The molecular formula is C11H13ClF2N2O. The second-order valence-electron chi connectivity index (χ2n) is 3.58. The van der Waals surface area contributed by atoms with Gasteiger partial charge in [-0.3, -0.25) is 4.79 Å². The molecule has 0 aliphatic carbocycles. The van der Waals surface area contributed by atoms with Gasteiger partial charge in [-0.25, -0.2) is 8.78 Å². The predicted molar refractivity (Wildman–Crippen MR) is 62.3 cm³/mol. The van der Waals surface area contributed by atoms with Crippen molar-refractivity contribution in [3.63, 3.8) is 0 Å². The van der Waals surface area contributed by atoms with Crippen molar-refractivity contribution in [2.75, 3.05) is 27.2 Å². The van der Waals surface area contributed by atoms with E-state index in [0.29, 0.717) is 13.1 Å². The maximum absolute atomic E-state index is 13.4. The molecule has 17 heavy (non-hydrogen) atoms. The van der Waals surface area contributed by atoms with Gasteiger partial charge in [-0.15, -0.1) is 0 Å². The highest BCUT2D eigenvalue weighted by Crippen LogP contribution is 2.20. The number of nitrogens with one attached hydrogen (secondary N) is 1. The summed E-state index contributed by atoms with van der Waals surface area (Å²) in [5.74, 6) is -2.20. The Morgan fingerprint density at radius 2 is 2.06 bits per heavy atom. The fraction of sp³-hybridized carbons (Fsp3) is 0.364. The van der Waals surface area contributed by atoms with Crippen molar-refractivity contribution in [2.45, 2.75) is 0 Å². The Hall–Kier alpha value is -1.20. The van der Waals surface area contributed by atoms with Gasteiger partial charge in [0.05, 0.1) is 10.6 Å². The van der Waals surface area contributed by atoms with E-state index in [-0.39, 0.29) is 10.6 Å². The van der Waals surface area contributed by atoms with Crippen LogP contribution in [0.3, 0.4) is 0 Å². The number of benzene rings is 1.